The number of hydrogen-bond acceptors (Lipinski definition) is 5. The summed E-state index contributed by atoms with van der Waals surface area (Å²) in [6, 6.07) is 17.1. The van der Waals surface area contributed by atoms with Gasteiger partial charge in [0.1, 0.15) is 11.5 Å². The molecule has 0 fully saturated rings. The number of carboxylic acid groups (broad SMARTS) is 1. The van der Waals surface area contributed by atoms with Crippen molar-refractivity contribution in [1.82, 2.24) is 0 Å². The Kier molecular flexibility index (Phi) is 5.68. The van der Waals surface area contributed by atoms with E-state index in [1.807, 2.05) is 42.5 Å². The SMILES string of the molecule is COc1cccc2cc(-c3scc(CC(=O)CCc4ccccc4)c3C(=O)O)oc12. The molecule has 0 aliphatic carbocycles. The van der Waals surface area contributed by atoms with Crippen LogP contribution in [0.3, 0.4) is 0 Å². The van der Waals surface area contributed by atoms with Gasteiger partial charge in [0.05, 0.1) is 17.6 Å². The Morgan fingerprint density at radius 1 is 1.10 bits per heavy atom. The molecule has 0 radical (unpaired) electrons. The Labute approximate surface area is 177 Å². The highest BCUT2D eigenvalue weighted by Crippen LogP contribution is 2.39. The first kappa shape index (κ1) is 19.9. The number of fused-ring (bicyclic) bond motifs is 1. The number of thiophene rings is 1. The molecule has 0 atom stereocenters. The quantitative estimate of drug-likeness (QED) is 0.401. The second kappa shape index (κ2) is 8.55. The van der Waals surface area contributed by atoms with Crippen molar-refractivity contribution in [2.75, 3.05) is 7.11 Å². The third-order valence-corrected chi connectivity index (χ3v) is 6.00. The number of carbonyl (C=O) groups is 2. The Balaban J connectivity index is 1.59. The smallest absolute Gasteiger partial charge is 0.337 e. The van der Waals surface area contributed by atoms with Gasteiger partial charge in [-0.25, -0.2) is 4.79 Å². The van der Waals surface area contributed by atoms with Gasteiger partial charge in [-0.2, -0.15) is 0 Å². The molecule has 4 aromatic rings. The number of rotatable bonds is 8. The second-order valence-electron chi connectivity index (χ2n) is 6.96. The minimum atomic E-state index is -1.07. The number of hydrogen-bond donors (Lipinski definition) is 1. The van der Waals surface area contributed by atoms with Crippen LogP contribution in [0.1, 0.15) is 27.9 Å². The van der Waals surface area contributed by atoms with Gasteiger partial charge in [0.25, 0.3) is 0 Å². The molecule has 2 aromatic carbocycles. The lowest BCUT2D eigenvalue weighted by Gasteiger charge is -2.03. The number of methoxy groups -OCH3 is 1. The number of benzene rings is 2. The van der Waals surface area contributed by atoms with E-state index >= 15 is 0 Å². The lowest BCUT2D eigenvalue weighted by Crippen LogP contribution is -2.08. The van der Waals surface area contributed by atoms with Crippen LogP contribution in [-0.4, -0.2) is 24.0 Å². The van der Waals surface area contributed by atoms with Crippen molar-refractivity contribution >= 4 is 34.1 Å². The second-order valence-corrected chi connectivity index (χ2v) is 7.84. The Hall–Kier alpha value is -3.38. The van der Waals surface area contributed by atoms with Crippen molar-refractivity contribution in [3.63, 3.8) is 0 Å². The lowest BCUT2D eigenvalue weighted by atomic mass is 10.0. The van der Waals surface area contributed by atoms with Gasteiger partial charge in [-0.05, 0) is 35.1 Å². The fourth-order valence-electron chi connectivity index (χ4n) is 3.48. The largest absolute Gasteiger partial charge is 0.493 e. The maximum atomic E-state index is 12.5. The summed E-state index contributed by atoms with van der Waals surface area (Å²) in [6.45, 7) is 0. The zero-order chi connectivity index (χ0) is 21.1. The standard InChI is InChI=1S/C24H20O5S/c1-28-19-9-5-8-16-13-20(29-22(16)19)23-21(24(26)27)17(14-30-23)12-18(25)11-10-15-6-3-2-4-7-15/h2-9,13-14H,10-12H2,1H3,(H,26,27). The van der Waals surface area contributed by atoms with E-state index in [0.29, 0.717) is 40.4 Å². The summed E-state index contributed by atoms with van der Waals surface area (Å²) >= 11 is 1.28. The van der Waals surface area contributed by atoms with Crippen molar-refractivity contribution in [2.45, 2.75) is 19.3 Å². The normalized spacial score (nSPS) is 11.0. The van der Waals surface area contributed by atoms with Gasteiger partial charge in [-0.1, -0.05) is 42.5 Å². The zero-order valence-electron chi connectivity index (χ0n) is 16.4. The van der Waals surface area contributed by atoms with Crippen LogP contribution in [0.4, 0.5) is 0 Å². The number of Topliss-reactive ketones (excluding diaryl/α,β-unsaturated/α-hetero) is 1. The molecule has 0 unspecified atom stereocenters. The van der Waals surface area contributed by atoms with Crippen molar-refractivity contribution in [2.24, 2.45) is 0 Å². The van der Waals surface area contributed by atoms with E-state index in [-0.39, 0.29) is 17.8 Å². The maximum absolute atomic E-state index is 12.5. The van der Waals surface area contributed by atoms with E-state index in [1.54, 1.807) is 24.6 Å². The fraction of sp³-hybridized carbons (Fsp3) is 0.167. The molecular weight excluding hydrogens is 400 g/mol. The van der Waals surface area contributed by atoms with Gasteiger partial charge in [0.2, 0.25) is 0 Å². The van der Waals surface area contributed by atoms with Gasteiger partial charge in [0, 0.05) is 18.2 Å². The minimum Gasteiger partial charge on any atom is -0.493 e. The monoisotopic (exact) mass is 420 g/mol. The van der Waals surface area contributed by atoms with E-state index in [0.717, 1.165) is 10.9 Å². The van der Waals surface area contributed by atoms with Crippen LogP contribution in [-0.2, 0) is 17.6 Å². The Morgan fingerprint density at radius 3 is 2.63 bits per heavy atom. The first-order valence-electron chi connectivity index (χ1n) is 9.53. The van der Waals surface area contributed by atoms with Crippen molar-refractivity contribution in [1.29, 1.82) is 0 Å². The number of furan rings is 1. The predicted octanol–water partition coefficient (Wildman–Crippen LogP) is 5.61. The number of aromatic carboxylic acids is 1. The van der Waals surface area contributed by atoms with Crippen LogP contribution >= 0.6 is 11.3 Å². The Bertz CT molecular complexity index is 1200. The maximum Gasteiger partial charge on any atom is 0.337 e. The van der Waals surface area contributed by atoms with E-state index in [1.165, 1.54) is 11.3 Å². The molecule has 0 saturated heterocycles. The van der Waals surface area contributed by atoms with E-state index in [4.69, 9.17) is 9.15 Å². The van der Waals surface area contributed by atoms with Crippen molar-refractivity contribution in [3.8, 4) is 16.4 Å². The minimum absolute atomic E-state index is 0.0111. The first-order valence-corrected chi connectivity index (χ1v) is 10.4. The number of carbonyl (C=O) groups excluding carboxylic acids is 1. The summed E-state index contributed by atoms with van der Waals surface area (Å²) in [5, 5.41) is 12.4. The molecule has 152 valence electrons. The average molecular weight is 420 g/mol. The zero-order valence-corrected chi connectivity index (χ0v) is 17.2. The van der Waals surface area contributed by atoms with Crippen molar-refractivity contribution < 1.29 is 23.8 Å². The summed E-state index contributed by atoms with van der Waals surface area (Å²) in [6.07, 6.45) is 1.10. The Morgan fingerprint density at radius 2 is 1.90 bits per heavy atom. The van der Waals surface area contributed by atoms with Gasteiger partial charge < -0.3 is 14.3 Å². The van der Waals surface area contributed by atoms with Crippen LogP contribution in [0.15, 0.2) is 64.4 Å². The summed E-state index contributed by atoms with van der Waals surface area (Å²) < 4.78 is 11.3. The third kappa shape index (κ3) is 4.00. The van der Waals surface area contributed by atoms with Crippen LogP contribution < -0.4 is 4.74 Å². The first-order chi connectivity index (χ1) is 14.6. The van der Waals surface area contributed by atoms with E-state index in [2.05, 4.69) is 0 Å². The van der Waals surface area contributed by atoms with Crippen LogP contribution in [0.5, 0.6) is 5.75 Å². The molecule has 30 heavy (non-hydrogen) atoms. The number of ether oxygens (including phenoxy) is 1. The highest BCUT2D eigenvalue weighted by Gasteiger charge is 2.24. The van der Waals surface area contributed by atoms with E-state index < -0.39 is 5.97 Å². The molecule has 5 nitrogen and oxygen atoms in total. The van der Waals surface area contributed by atoms with Crippen molar-refractivity contribution in [3.05, 3.63) is 76.7 Å². The molecule has 4 rings (SSSR count). The van der Waals surface area contributed by atoms with Gasteiger partial charge in [-0.15, -0.1) is 11.3 Å². The topological polar surface area (TPSA) is 76.7 Å². The molecule has 0 aliphatic heterocycles. The fourth-order valence-corrected chi connectivity index (χ4v) is 4.49. The summed E-state index contributed by atoms with van der Waals surface area (Å²) in [4.78, 5) is 25.0. The highest BCUT2D eigenvalue weighted by molar-refractivity contribution is 7.14. The van der Waals surface area contributed by atoms with E-state index in [9.17, 15) is 14.7 Å². The molecule has 0 saturated carbocycles. The molecule has 2 aromatic heterocycles. The van der Waals surface area contributed by atoms with Gasteiger partial charge in [0.15, 0.2) is 11.3 Å². The number of aryl methyl sites for hydroxylation is 1. The average Bonchev–Trinajstić information content (AvgIpc) is 3.36. The molecule has 0 spiro atoms. The summed E-state index contributed by atoms with van der Waals surface area (Å²) in [5.74, 6) is -0.00936. The molecule has 6 heteroatoms. The molecule has 1 N–H and O–H groups in total. The molecule has 0 aliphatic rings. The number of para-hydroxylation sites is 1. The number of ketones is 1. The predicted molar refractivity (Wildman–Crippen MR) is 117 cm³/mol. The molecule has 0 amide bonds. The summed E-state index contributed by atoms with van der Waals surface area (Å²) in [7, 11) is 1.56. The highest BCUT2D eigenvalue weighted by atomic mass is 32.1. The van der Waals surface area contributed by atoms with Gasteiger partial charge >= 0.3 is 5.97 Å². The third-order valence-electron chi connectivity index (χ3n) is 4.96. The summed E-state index contributed by atoms with van der Waals surface area (Å²) in [5.41, 5.74) is 2.31. The molecular formula is C24H20O5S. The van der Waals surface area contributed by atoms with Crippen LogP contribution in [0.25, 0.3) is 21.6 Å². The molecule has 2 heterocycles. The van der Waals surface area contributed by atoms with Crippen LogP contribution in [0, 0.1) is 0 Å². The van der Waals surface area contributed by atoms with Crippen LogP contribution in [0.2, 0.25) is 0 Å². The molecule has 0 bridgehead atoms. The number of carboxylic acids is 1. The lowest BCUT2D eigenvalue weighted by molar-refractivity contribution is -0.118. The van der Waals surface area contributed by atoms with Gasteiger partial charge in [-0.3, -0.25) is 4.79 Å².